The molecule has 0 aliphatic heterocycles. The van der Waals surface area contributed by atoms with Crippen molar-refractivity contribution in [2.24, 2.45) is 5.73 Å². The quantitative estimate of drug-likeness (QED) is 0.876. The largest absolute Gasteiger partial charge is 0.327 e. The van der Waals surface area contributed by atoms with Crippen LogP contribution in [0.5, 0.6) is 0 Å². The molecule has 2 N–H and O–H groups in total. The van der Waals surface area contributed by atoms with E-state index in [-0.39, 0.29) is 6.04 Å². The van der Waals surface area contributed by atoms with Gasteiger partial charge in [0, 0.05) is 15.4 Å². The first-order chi connectivity index (χ1) is 9.08. The summed E-state index contributed by atoms with van der Waals surface area (Å²) in [6.07, 6.45) is 1.88. The molecule has 0 saturated heterocycles. The molecule has 0 spiro atoms. The second-order valence-electron chi connectivity index (χ2n) is 4.31. The fourth-order valence-corrected chi connectivity index (χ4v) is 4.10. The van der Waals surface area contributed by atoms with Crippen LogP contribution in [-0.4, -0.2) is 16.2 Å². The Labute approximate surface area is 130 Å². The van der Waals surface area contributed by atoms with Gasteiger partial charge in [0.05, 0.1) is 0 Å². The fourth-order valence-electron chi connectivity index (χ4n) is 1.63. The van der Waals surface area contributed by atoms with E-state index in [0.29, 0.717) is 0 Å². The molecule has 2 rings (SSSR count). The van der Waals surface area contributed by atoms with E-state index in [2.05, 4.69) is 51.3 Å². The van der Waals surface area contributed by atoms with Gasteiger partial charge in [-0.2, -0.15) is 0 Å². The van der Waals surface area contributed by atoms with Crippen molar-refractivity contribution in [2.75, 3.05) is 0 Å². The van der Waals surface area contributed by atoms with E-state index in [4.69, 9.17) is 5.73 Å². The standard InChI is InChI=1S/C13H16BrN3S2/c1-3-11(15)6-9-4-5-10(14)7-12(9)19-13-17-16-8(2)18-13/h4-5,7,11H,3,6,15H2,1-2H3. The van der Waals surface area contributed by atoms with Crippen LogP contribution in [-0.2, 0) is 6.42 Å². The molecule has 0 bridgehead atoms. The number of hydrogen-bond acceptors (Lipinski definition) is 5. The number of rotatable bonds is 5. The van der Waals surface area contributed by atoms with Gasteiger partial charge in [-0.3, -0.25) is 0 Å². The smallest absolute Gasteiger partial charge is 0.179 e. The molecule has 0 fully saturated rings. The van der Waals surface area contributed by atoms with Gasteiger partial charge in [-0.05, 0) is 37.5 Å². The first-order valence-electron chi connectivity index (χ1n) is 6.10. The van der Waals surface area contributed by atoms with E-state index < -0.39 is 0 Å². The van der Waals surface area contributed by atoms with Crippen molar-refractivity contribution < 1.29 is 0 Å². The molecular weight excluding hydrogens is 342 g/mol. The highest BCUT2D eigenvalue weighted by molar-refractivity contribution is 9.10. The molecule has 2 aromatic rings. The van der Waals surface area contributed by atoms with Gasteiger partial charge < -0.3 is 5.73 Å². The van der Waals surface area contributed by atoms with Crippen LogP contribution in [0.1, 0.15) is 23.9 Å². The third-order valence-corrected chi connectivity index (χ3v) is 5.22. The lowest BCUT2D eigenvalue weighted by Crippen LogP contribution is -2.21. The molecule has 0 radical (unpaired) electrons. The Kier molecular flexibility index (Phi) is 5.38. The van der Waals surface area contributed by atoms with Crippen LogP contribution < -0.4 is 5.73 Å². The molecule has 0 aliphatic rings. The Bertz CT molecular complexity index is 557. The zero-order valence-corrected chi connectivity index (χ0v) is 14.1. The minimum atomic E-state index is 0.205. The lowest BCUT2D eigenvalue weighted by Gasteiger charge is -2.12. The van der Waals surface area contributed by atoms with Gasteiger partial charge in [-0.25, -0.2) is 0 Å². The van der Waals surface area contributed by atoms with Gasteiger partial charge in [-0.15, -0.1) is 10.2 Å². The predicted octanol–water partition coefficient (Wildman–Crippen LogP) is 4.04. The summed E-state index contributed by atoms with van der Waals surface area (Å²) in [7, 11) is 0. The summed E-state index contributed by atoms with van der Waals surface area (Å²) in [4.78, 5) is 1.20. The summed E-state index contributed by atoms with van der Waals surface area (Å²) in [5, 5.41) is 9.21. The van der Waals surface area contributed by atoms with E-state index >= 15 is 0 Å². The maximum absolute atomic E-state index is 6.06. The number of nitrogens with zero attached hydrogens (tertiary/aromatic N) is 2. The highest BCUT2D eigenvalue weighted by atomic mass is 79.9. The van der Waals surface area contributed by atoms with E-state index in [1.54, 1.807) is 23.1 Å². The SMILES string of the molecule is CCC(N)Cc1ccc(Br)cc1Sc1nnc(C)s1. The molecule has 19 heavy (non-hydrogen) atoms. The Hall–Kier alpha value is -0.430. The molecule has 1 unspecified atom stereocenters. The molecule has 6 heteroatoms. The highest BCUT2D eigenvalue weighted by Crippen LogP contribution is 2.34. The third kappa shape index (κ3) is 4.27. The van der Waals surface area contributed by atoms with Crippen molar-refractivity contribution in [3.8, 4) is 0 Å². The molecule has 1 atom stereocenters. The third-order valence-electron chi connectivity index (χ3n) is 2.74. The Morgan fingerprint density at radius 3 is 2.84 bits per heavy atom. The van der Waals surface area contributed by atoms with Crippen LogP contribution in [0.2, 0.25) is 0 Å². The average molecular weight is 358 g/mol. The minimum absolute atomic E-state index is 0.205. The molecule has 0 aliphatic carbocycles. The minimum Gasteiger partial charge on any atom is -0.327 e. The monoisotopic (exact) mass is 357 g/mol. The van der Waals surface area contributed by atoms with Crippen LogP contribution in [0, 0.1) is 6.92 Å². The van der Waals surface area contributed by atoms with Crippen LogP contribution >= 0.6 is 39.0 Å². The number of nitrogens with two attached hydrogens (primary N) is 1. The molecule has 1 aromatic carbocycles. The normalized spacial score (nSPS) is 12.6. The molecule has 0 saturated carbocycles. The Morgan fingerprint density at radius 1 is 1.42 bits per heavy atom. The lowest BCUT2D eigenvalue weighted by molar-refractivity contribution is 0.641. The van der Waals surface area contributed by atoms with Crippen LogP contribution in [0.3, 0.4) is 0 Å². The Morgan fingerprint density at radius 2 is 2.21 bits per heavy atom. The summed E-state index contributed by atoms with van der Waals surface area (Å²) in [6, 6.07) is 6.53. The fraction of sp³-hybridized carbons (Fsp3) is 0.385. The molecule has 0 amide bonds. The maximum Gasteiger partial charge on any atom is 0.179 e. The van der Waals surface area contributed by atoms with Gasteiger partial charge in [-0.1, -0.05) is 52.0 Å². The number of benzene rings is 1. The van der Waals surface area contributed by atoms with Gasteiger partial charge in [0.2, 0.25) is 0 Å². The molecule has 3 nitrogen and oxygen atoms in total. The molecule has 1 aromatic heterocycles. The number of aromatic nitrogens is 2. The van der Waals surface area contributed by atoms with Crippen molar-refractivity contribution in [3.63, 3.8) is 0 Å². The topological polar surface area (TPSA) is 51.8 Å². The zero-order valence-electron chi connectivity index (χ0n) is 10.9. The van der Waals surface area contributed by atoms with Crippen molar-refractivity contribution in [1.29, 1.82) is 0 Å². The maximum atomic E-state index is 6.06. The van der Waals surface area contributed by atoms with Crippen molar-refractivity contribution in [2.45, 2.75) is 42.0 Å². The van der Waals surface area contributed by atoms with Gasteiger partial charge in [0.1, 0.15) is 5.01 Å². The second kappa shape index (κ2) is 6.83. The van der Waals surface area contributed by atoms with Gasteiger partial charge in [0.25, 0.3) is 0 Å². The first kappa shape index (κ1) is 15.0. The highest BCUT2D eigenvalue weighted by Gasteiger charge is 2.11. The van der Waals surface area contributed by atoms with E-state index in [1.165, 1.54) is 10.5 Å². The summed E-state index contributed by atoms with van der Waals surface area (Å²) < 4.78 is 2.05. The molecular formula is C13H16BrN3S2. The van der Waals surface area contributed by atoms with Crippen molar-refractivity contribution in [3.05, 3.63) is 33.2 Å². The summed E-state index contributed by atoms with van der Waals surface area (Å²) >= 11 is 6.80. The van der Waals surface area contributed by atoms with Gasteiger partial charge >= 0.3 is 0 Å². The molecule has 102 valence electrons. The van der Waals surface area contributed by atoms with Crippen molar-refractivity contribution in [1.82, 2.24) is 10.2 Å². The van der Waals surface area contributed by atoms with Crippen LogP contribution in [0.4, 0.5) is 0 Å². The van der Waals surface area contributed by atoms with E-state index in [0.717, 1.165) is 26.7 Å². The number of hydrogen-bond donors (Lipinski definition) is 1. The first-order valence-corrected chi connectivity index (χ1v) is 8.53. The Balaban J connectivity index is 2.24. The van der Waals surface area contributed by atoms with Gasteiger partial charge in [0.15, 0.2) is 4.34 Å². The number of halogens is 1. The second-order valence-corrected chi connectivity index (χ2v) is 7.70. The van der Waals surface area contributed by atoms with Crippen LogP contribution in [0.15, 0.2) is 31.9 Å². The molecule has 1 heterocycles. The van der Waals surface area contributed by atoms with E-state index in [1.807, 2.05) is 6.92 Å². The predicted molar refractivity (Wildman–Crippen MR) is 84.9 cm³/mol. The summed E-state index contributed by atoms with van der Waals surface area (Å²) in [5.41, 5.74) is 7.34. The number of aryl methyl sites for hydroxylation is 1. The van der Waals surface area contributed by atoms with Crippen LogP contribution in [0.25, 0.3) is 0 Å². The van der Waals surface area contributed by atoms with E-state index in [9.17, 15) is 0 Å². The van der Waals surface area contributed by atoms with Crippen molar-refractivity contribution >= 4 is 39.0 Å². The average Bonchev–Trinajstić information content (AvgIpc) is 2.78. The summed E-state index contributed by atoms with van der Waals surface area (Å²) in [6.45, 7) is 4.08. The lowest BCUT2D eigenvalue weighted by atomic mass is 10.1. The zero-order chi connectivity index (χ0) is 13.8. The summed E-state index contributed by atoms with van der Waals surface area (Å²) in [5.74, 6) is 0.